The maximum Gasteiger partial charge on any atom is 0.459 e. The second kappa shape index (κ2) is 11.1. The monoisotopic (exact) mass is 527 g/mol. The number of amides is 1. The molecule has 2 aliphatic rings. The van der Waals surface area contributed by atoms with Crippen LogP contribution in [0.2, 0.25) is 0 Å². The molecule has 0 bridgehead atoms. The predicted octanol–water partition coefficient (Wildman–Crippen LogP) is 2.35. The summed E-state index contributed by atoms with van der Waals surface area (Å²) < 4.78 is 51.0. The highest BCUT2D eigenvalue weighted by Crippen LogP contribution is 2.46. The summed E-state index contributed by atoms with van der Waals surface area (Å²) in [6.45, 7) is 9.00. The lowest BCUT2D eigenvalue weighted by Gasteiger charge is -2.35. The number of alkyl halides is 1. The first-order valence-corrected chi connectivity index (χ1v) is 12.8. The Kier molecular flexibility index (Phi) is 8.58. The third kappa shape index (κ3) is 6.51. The van der Waals surface area contributed by atoms with Crippen molar-refractivity contribution in [3.8, 4) is 5.75 Å². The van der Waals surface area contributed by atoms with Crippen LogP contribution in [0.3, 0.4) is 0 Å². The summed E-state index contributed by atoms with van der Waals surface area (Å²) in [6.07, 6.45) is -2.30. The van der Waals surface area contributed by atoms with Gasteiger partial charge in [0.05, 0.1) is 12.7 Å². The van der Waals surface area contributed by atoms with Gasteiger partial charge in [-0.25, -0.2) is 8.96 Å². The molecule has 3 rings (SSSR count). The Morgan fingerprint density at radius 3 is 2.64 bits per heavy atom. The molecule has 0 unspecified atom stereocenters. The summed E-state index contributed by atoms with van der Waals surface area (Å²) in [5.74, 6) is -0.881. The number of benzene rings is 1. The fourth-order valence-electron chi connectivity index (χ4n) is 3.56. The SMILES string of the molecule is C=C1NC(=O)C=CN1[C@@H]1O[C@H](CO[P@](=O)(N[C@@H](C)C(=O)OC(C)C)Oc2ccccc2)[C@@H](O)[C@@]1(C)F. The zero-order valence-corrected chi connectivity index (χ0v) is 21.3. The summed E-state index contributed by atoms with van der Waals surface area (Å²) in [5.41, 5.74) is -2.32. The van der Waals surface area contributed by atoms with Gasteiger partial charge in [-0.3, -0.25) is 14.1 Å². The van der Waals surface area contributed by atoms with E-state index in [-0.39, 0.29) is 11.6 Å². The molecule has 198 valence electrons. The number of halogens is 1. The number of hydrogen-bond donors (Lipinski definition) is 3. The molecule has 13 heteroatoms. The zero-order valence-electron chi connectivity index (χ0n) is 20.4. The molecular formula is C23H31FN3O8P. The van der Waals surface area contributed by atoms with E-state index in [4.69, 9.17) is 18.5 Å². The summed E-state index contributed by atoms with van der Waals surface area (Å²) in [6, 6.07) is 7.01. The molecule has 1 saturated heterocycles. The lowest BCUT2D eigenvalue weighted by Crippen LogP contribution is -2.51. The third-order valence-electron chi connectivity index (χ3n) is 5.37. The lowest BCUT2D eigenvalue weighted by atomic mass is 9.98. The number of nitrogens with zero attached hydrogens (tertiary/aromatic N) is 1. The average Bonchev–Trinajstić information content (AvgIpc) is 3.01. The molecule has 1 fully saturated rings. The van der Waals surface area contributed by atoms with E-state index in [1.165, 1.54) is 30.2 Å². The van der Waals surface area contributed by atoms with E-state index < -0.39 is 62.5 Å². The van der Waals surface area contributed by atoms with Gasteiger partial charge in [0.1, 0.15) is 29.8 Å². The van der Waals surface area contributed by atoms with Crippen molar-refractivity contribution in [1.29, 1.82) is 0 Å². The molecule has 0 aliphatic carbocycles. The molecule has 11 nitrogen and oxygen atoms in total. The zero-order chi connectivity index (χ0) is 26.7. The van der Waals surface area contributed by atoms with Crippen molar-refractivity contribution in [3.63, 3.8) is 0 Å². The van der Waals surface area contributed by atoms with Crippen LogP contribution in [0.15, 0.2) is 55.0 Å². The van der Waals surface area contributed by atoms with Gasteiger partial charge in [-0.2, -0.15) is 5.09 Å². The summed E-state index contributed by atoms with van der Waals surface area (Å²) in [5, 5.41) is 15.6. The highest BCUT2D eigenvalue weighted by atomic mass is 31.2. The van der Waals surface area contributed by atoms with E-state index in [0.29, 0.717) is 0 Å². The van der Waals surface area contributed by atoms with Gasteiger partial charge in [0.25, 0.3) is 5.91 Å². The van der Waals surface area contributed by atoms with E-state index in [0.717, 1.165) is 13.0 Å². The second-order valence-electron chi connectivity index (χ2n) is 8.82. The van der Waals surface area contributed by atoms with Gasteiger partial charge >= 0.3 is 13.7 Å². The number of rotatable bonds is 10. The number of carbonyl (C=O) groups excluding carboxylic acids is 2. The largest absolute Gasteiger partial charge is 0.462 e. The molecule has 6 atom stereocenters. The first kappa shape index (κ1) is 27.8. The maximum atomic E-state index is 15.5. The van der Waals surface area contributed by atoms with Crippen LogP contribution in [0.5, 0.6) is 5.75 Å². The standard InChI is InChI=1S/C23H31FN3O8P/c1-14(2)33-21(30)15(3)26-36(31,35-17-9-7-6-8-10-17)32-13-18-20(29)23(5,24)22(34-18)27-12-11-19(28)25-16(27)4/h6-12,14-15,18,20,22,29H,4,13H2,1-3,5H3,(H,25,28)(H,26,31)/t15-,18+,20+,22+,23+,36+/m0/s1. The highest BCUT2D eigenvalue weighted by Gasteiger charge is 2.57. The van der Waals surface area contributed by atoms with Crippen molar-refractivity contribution in [2.24, 2.45) is 0 Å². The Morgan fingerprint density at radius 1 is 1.36 bits per heavy atom. The fraction of sp³-hybridized carbons (Fsp3) is 0.478. The minimum Gasteiger partial charge on any atom is -0.462 e. The minimum absolute atomic E-state index is 0.0578. The maximum absolute atomic E-state index is 15.5. The van der Waals surface area contributed by atoms with Crippen molar-refractivity contribution in [2.45, 2.75) is 63.9 Å². The van der Waals surface area contributed by atoms with Crippen molar-refractivity contribution >= 4 is 19.6 Å². The topological polar surface area (TPSA) is 136 Å². The highest BCUT2D eigenvalue weighted by molar-refractivity contribution is 7.52. The van der Waals surface area contributed by atoms with Gasteiger partial charge in [0.2, 0.25) is 0 Å². The Labute approximate surface area is 208 Å². The molecule has 1 amide bonds. The van der Waals surface area contributed by atoms with Gasteiger partial charge in [0.15, 0.2) is 11.9 Å². The van der Waals surface area contributed by atoms with Crippen molar-refractivity contribution in [1.82, 2.24) is 15.3 Å². The number of ether oxygens (including phenoxy) is 2. The van der Waals surface area contributed by atoms with Gasteiger partial charge < -0.3 is 29.3 Å². The van der Waals surface area contributed by atoms with Gasteiger partial charge in [-0.05, 0) is 39.8 Å². The number of para-hydroxylation sites is 1. The molecule has 3 N–H and O–H groups in total. The summed E-state index contributed by atoms with van der Waals surface area (Å²) >= 11 is 0. The molecule has 1 aromatic rings. The number of aliphatic hydroxyl groups is 1. The van der Waals surface area contributed by atoms with Crippen LogP contribution in [0.25, 0.3) is 0 Å². The summed E-state index contributed by atoms with van der Waals surface area (Å²) in [4.78, 5) is 25.0. The number of aliphatic hydroxyl groups excluding tert-OH is 1. The third-order valence-corrected chi connectivity index (χ3v) is 7.01. The van der Waals surface area contributed by atoms with E-state index >= 15 is 4.39 Å². The van der Waals surface area contributed by atoms with Crippen molar-refractivity contribution in [2.75, 3.05) is 6.61 Å². The number of nitrogens with one attached hydrogen (secondary N) is 2. The number of esters is 1. The van der Waals surface area contributed by atoms with Crippen LogP contribution in [-0.2, 0) is 28.2 Å². The van der Waals surface area contributed by atoms with Crippen LogP contribution in [0.1, 0.15) is 27.7 Å². The predicted molar refractivity (Wildman–Crippen MR) is 127 cm³/mol. The van der Waals surface area contributed by atoms with E-state index in [2.05, 4.69) is 17.0 Å². The van der Waals surface area contributed by atoms with E-state index in [9.17, 15) is 19.3 Å². The molecule has 0 aromatic heterocycles. The van der Waals surface area contributed by atoms with Gasteiger partial charge in [-0.15, -0.1) is 0 Å². The van der Waals surface area contributed by atoms with Gasteiger partial charge in [-0.1, -0.05) is 24.8 Å². The number of carbonyl (C=O) groups is 2. The molecule has 36 heavy (non-hydrogen) atoms. The first-order chi connectivity index (χ1) is 16.8. The Morgan fingerprint density at radius 2 is 2.03 bits per heavy atom. The van der Waals surface area contributed by atoms with Gasteiger partial charge in [0, 0.05) is 12.3 Å². The van der Waals surface area contributed by atoms with E-state index in [1.807, 2.05) is 0 Å². The fourth-order valence-corrected chi connectivity index (χ4v) is 5.06. The number of hydrogen-bond acceptors (Lipinski definition) is 9. The normalized spacial score (nSPS) is 28.5. The smallest absolute Gasteiger partial charge is 0.459 e. The van der Waals surface area contributed by atoms with Crippen LogP contribution >= 0.6 is 7.75 Å². The Hall–Kier alpha value is -2.76. The average molecular weight is 527 g/mol. The lowest BCUT2D eigenvalue weighted by molar-refractivity contribution is -0.149. The van der Waals surface area contributed by atoms with E-state index in [1.54, 1.807) is 32.0 Å². The molecule has 1 aromatic carbocycles. The molecule has 2 heterocycles. The second-order valence-corrected chi connectivity index (χ2v) is 10.5. The molecular weight excluding hydrogens is 496 g/mol. The minimum atomic E-state index is -4.25. The van der Waals surface area contributed by atoms with Crippen LogP contribution in [0, 0.1) is 0 Å². The van der Waals surface area contributed by atoms with Crippen LogP contribution in [-0.4, -0.2) is 64.7 Å². The Bertz CT molecular complexity index is 1050. The molecule has 0 saturated carbocycles. The molecule has 2 aliphatic heterocycles. The summed E-state index contributed by atoms with van der Waals surface area (Å²) in [7, 11) is -4.25. The van der Waals surface area contributed by atoms with Crippen LogP contribution < -0.4 is 14.9 Å². The van der Waals surface area contributed by atoms with Crippen molar-refractivity contribution < 1.29 is 42.2 Å². The molecule has 0 radical (unpaired) electrons. The van der Waals surface area contributed by atoms with Crippen molar-refractivity contribution in [3.05, 3.63) is 55.0 Å². The quantitative estimate of drug-likeness (QED) is 0.307. The first-order valence-electron chi connectivity index (χ1n) is 11.3. The Balaban J connectivity index is 1.76. The molecule has 0 spiro atoms. The van der Waals surface area contributed by atoms with Crippen LogP contribution in [0.4, 0.5) is 4.39 Å².